The van der Waals surface area contributed by atoms with Crippen molar-refractivity contribution in [1.82, 2.24) is 29.8 Å². The first-order valence-electron chi connectivity index (χ1n) is 14.2. The average molecular weight is 560 g/mol. The summed E-state index contributed by atoms with van der Waals surface area (Å²) in [6.45, 7) is 8.36. The number of carbonyl (C=O) groups is 2. The van der Waals surface area contributed by atoms with Gasteiger partial charge in [0.15, 0.2) is 17.1 Å². The van der Waals surface area contributed by atoms with Crippen LogP contribution >= 0.6 is 0 Å². The molecule has 1 aliphatic carbocycles. The van der Waals surface area contributed by atoms with Gasteiger partial charge in [-0.1, -0.05) is 18.6 Å². The first-order chi connectivity index (χ1) is 19.6. The second-order valence-corrected chi connectivity index (χ2v) is 12.1. The average Bonchev–Trinajstić information content (AvgIpc) is 3.45. The van der Waals surface area contributed by atoms with Crippen LogP contribution in [0.25, 0.3) is 16.4 Å². The number of fused-ring (bicyclic) bond motifs is 1. The molecule has 0 unspecified atom stereocenters. The van der Waals surface area contributed by atoms with Crippen LogP contribution in [0, 0.1) is 5.92 Å². The van der Waals surface area contributed by atoms with Crippen LogP contribution in [-0.2, 0) is 17.8 Å². The number of nitrogens with one attached hydrogen (secondary N) is 2. The number of ether oxygens (including phenoxy) is 2. The van der Waals surface area contributed by atoms with Crippen molar-refractivity contribution in [3.63, 3.8) is 0 Å². The monoisotopic (exact) mass is 559 g/mol. The largest absolute Gasteiger partial charge is 0.488 e. The fraction of sp³-hybridized carbons (Fsp3) is 0.467. The number of likely N-dealkylation sites (N-methyl/N-ethyl adjacent to an activating group) is 1. The van der Waals surface area contributed by atoms with E-state index in [1.54, 1.807) is 16.9 Å². The molecule has 4 heterocycles. The van der Waals surface area contributed by atoms with Crippen LogP contribution in [0.4, 0.5) is 10.6 Å². The zero-order valence-corrected chi connectivity index (χ0v) is 24.1. The van der Waals surface area contributed by atoms with E-state index in [4.69, 9.17) is 9.47 Å². The van der Waals surface area contributed by atoms with Gasteiger partial charge in [-0.25, -0.2) is 14.3 Å². The molecule has 4 aromatic rings. The van der Waals surface area contributed by atoms with Crippen molar-refractivity contribution in [2.45, 2.75) is 58.7 Å². The van der Waals surface area contributed by atoms with E-state index in [1.807, 2.05) is 55.8 Å². The first kappa shape index (κ1) is 26.9. The number of benzene rings is 1. The van der Waals surface area contributed by atoms with Crippen molar-refractivity contribution in [2.24, 2.45) is 5.92 Å². The third kappa shape index (κ3) is 5.79. The van der Waals surface area contributed by atoms with Crippen LogP contribution < -0.4 is 15.0 Å². The molecule has 6 rings (SSSR count). The van der Waals surface area contributed by atoms with Crippen molar-refractivity contribution in [3.8, 4) is 5.75 Å². The number of anilines is 1. The summed E-state index contributed by atoms with van der Waals surface area (Å²) in [5, 5.41) is 8.38. The van der Waals surface area contributed by atoms with Crippen LogP contribution in [0.5, 0.6) is 5.75 Å². The summed E-state index contributed by atoms with van der Waals surface area (Å²) in [5.74, 6) is 1.58. The van der Waals surface area contributed by atoms with E-state index in [0.29, 0.717) is 50.3 Å². The van der Waals surface area contributed by atoms with Gasteiger partial charge in [0.2, 0.25) is 0 Å². The summed E-state index contributed by atoms with van der Waals surface area (Å²) in [6.07, 6.45) is 6.52. The van der Waals surface area contributed by atoms with Crippen LogP contribution in [0.3, 0.4) is 0 Å². The van der Waals surface area contributed by atoms with Crippen LogP contribution in [-0.4, -0.2) is 68.8 Å². The highest BCUT2D eigenvalue weighted by Gasteiger charge is 2.28. The molecule has 0 saturated heterocycles. The Morgan fingerprint density at radius 3 is 2.83 bits per heavy atom. The summed E-state index contributed by atoms with van der Waals surface area (Å²) >= 11 is 0. The maximum absolute atomic E-state index is 13.1. The molecule has 11 nitrogen and oxygen atoms in total. The standard InChI is InChI=1S/C30H37N7O4/c1-30(2,3)41-29(39)36(16-19-6-5-7-19)17-22-13-21-9-8-20(12-23(21)33-22)14-31-28(38)24-18-37-26-25(15-32-37)40-11-10-35(4)27(26)34-24/h8-9,12-13,15,18-19,33H,5-7,10-11,14,16-17H2,1-4H3,(H,31,38). The molecule has 1 aliphatic heterocycles. The summed E-state index contributed by atoms with van der Waals surface area (Å²) in [7, 11) is 1.93. The molecule has 0 bridgehead atoms. The molecule has 0 spiro atoms. The Bertz CT molecular complexity index is 1600. The third-order valence-corrected chi connectivity index (χ3v) is 7.64. The molecule has 0 radical (unpaired) electrons. The summed E-state index contributed by atoms with van der Waals surface area (Å²) < 4.78 is 13.1. The van der Waals surface area contributed by atoms with E-state index in [0.717, 1.165) is 40.5 Å². The molecule has 11 heteroatoms. The minimum atomic E-state index is -0.544. The van der Waals surface area contributed by atoms with Crippen molar-refractivity contribution in [3.05, 3.63) is 53.6 Å². The molecule has 1 aromatic carbocycles. The van der Waals surface area contributed by atoms with Crippen molar-refractivity contribution >= 4 is 34.2 Å². The van der Waals surface area contributed by atoms with Gasteiger partial charge in [0.05, 0.1) is 25.5 Å². The topological polar surface area (TPSA) is 117 Å². The van der Waals surface area contributed by atoms with Gasteiger partial charge in [0.1, 0.15) is 17.9 Å². The normalized spacial score (nSPS) is 15.4. The number of carbonyl (C=O) groups excluding carboxylic acids is 2. The molecule has 1 fully saturated rings. The lowest BCUT2D eigenvalue weighted by Gasteiger charge is -2.33. The number of hydrogen-bond acceptors (Lipinski definition) is 7. The Labute approximate surface area is 238 Å². The van der Waals surface area contributed by atoms with E-state index >= 15 is 0 Å². The molecular weight excluding hydrogens is 522 g/mol. The molecule has 2 N–H and O–H groups in total. The fourth-order valence-corrected chi connectivity index (χ4v) is 5.27. The molecule has 2 aliphatic rings. The predicted octanol–water partition coefficient (Wildman–Crippen LogP) is 4.51. The van der Waals surface area contributed by atoms with E-state index in [2.05, 4.69) is 26.4 Å². The van der Waals surface area contributed by atoms with E-state index in [9.17, 15) is 9.59 Å². The Morgan fingerprint density at radius 1 is 1.24 bits per heavy atom. The predicted molar refractivity (Wildman–Crippen MR) is 155 cm³/mol. The van der Waals surface area contributed by atoms with Gasteiger partial charge in [-0.3, -0.25) is 4.79 Å². The molecule has 3 aromatic heterocycles. The zero-order valence-electron chi connectivity index (χ0n) is 24.1. The van der Waals surface area contributed by atoms with Gasteiger partial charge in [0, 0.05) is 31.3 Å². The Morgan fingerprint density at radius 2 is 2.07 bits per heavy atom. The summed E-state index contributed by atoms with van der Waals surface area (Å²) in [6, 6.07) is 8.12. The molecule has 216 valence electrons. The highest BCUT2D eigenvalue weighted by atomic mass is 16.6. The summed E-state index contributed by atoms with van der Waals surface area (Å²) in [5.41, 5.74) is 3.34. The first-order valence-corrected chi connectivity index (χ1v) is 14.2. The quantitative estimate of drug-likeness (QED) is 0.342. The lowest BCUT2D eigenvalue weighted by molar-refractivity contribution is 0.0171. The lowest BCUT2D eigenvalue weighted by Crippen LogP contribution is -2.40. The molecule has 1 saturated carbocycles. The number of amides is 2. The minimum absolute atomic E-state index is 0.282. The maximum atomic E-state index is 13.1. The Balaban J connectivity index is 1.15. The van der Waals surface area contributed by atoms with Gasteiger partial charge in [-0.05, 0) is 62.6 Å². The smallest absolute Gasteiger partial charge is 0.410 e. The van der Waals surface area contributed by atoms with E-state index in [-0.39, 0.29) is 17.7 Å². The highest BCUT2D eigenvalue weighted by Crippen LogP contribution is 2.31. The SMILES string of the molecule is CN1CCOc2cnn3cc(C(=O)NCc4ccc5cc(CN(CC6CCC6)C(=O)OC(C)(C)C)[nH]c5c4)nc1c23. The van der Waals surface area contributed by atoms with Gasteiger partial charge >= 0.3 is 6.09 Å². The number of H-pyrrole nitrogens is 1. The lowest BCUT2D eigenvalue weighted by atomic mass is 9.85. The van der Waals surface area contributed by atoms with Crippen molar-refractivity contribution in [2.75, 3.05) is 31.6 Å². The van der Waals surface area contributed by atoms with Crippen LogP contribution in [0.1, 0.15) is 61.8 Å². The maximum Gasteiger partial charge on any atom is 0.410 e. The molecule has 0 atom stereocenters. The van der Waals surface area contributed by atoms with Gasteiger partial charge in [-0.2, -0.15) is 5.10 Å². The number of hydrogen-bond donors (Lipinski definition) is 2. The number of nitrogens with zero attached hydrogens (tertiary/aromatic N) is 5. The minimum Gasteiger partial charge on any atom is -0.488 e. The van der Waals surface area contributed by atoms with Gasteiger partial charge in [-0.15, -0.1) is 0 Å². The summed E-state index contributed by atoms with van der Waals surface area (Å²) in [4.78, 5) is 37.9. The Kier molecular flexibility index (Phi) is 6.96. The van der Waals surface area contributed by atoms with Crippen molar-refractivity contribution < 1.29 is 19.1 Å². The molecule has 41 heavy (non-hydrogen) atoms. The second kappa shape index (κ2) is 10.6. The molecule has 2 amide bonds. The van der Waals surface area contributed by atoms with Crippen molar-refractivity contribution in [1.29, 1.82) is 0 Å². The highest BCUT2D eigenvalue weighted by molar-refractivity contribution is 5.93. The number of aromatic amines is 1. The zero-order chi connectivity index (χ0) is 28.7. The number of aromatic nitrogens is 4. The molecular formula is C30H37N7O4. The fourth-order valence-electron chi connectivity index (χ4n) is 5.27. The Hall–Kier alpha value is -4.28. The second-order valence-electron chi connectivity index (χ2n) is 12.1. The van der Waals surface area contributed by atoms with E-state index in [1.165, 1.54) is 6.42 Å². The van der Waals surface area contributed by atoms with Gasteiger partial charge in [0.25, 0.3) is 5.91 Å². The van der Waals surface area contributed by atoms with E-state index < -0.39 is 5.60 Å². The van der Waals surface area contributed by atoms with Crippen LogP contribution in [0.2, 0.25) is 0 Å². The third-order valence-electron chi connectivity index (χ3n) is 7.64. The van der Waals surface area contributed by atoms with Crippen LogP contribution in [0.15, 0.2) is 36.7 Å². The number of rotatable bonds is 7. The van der Waals surface area contributed by atoms with Gasteiger partial charge < -0.3 is 29.6 Å².